The SMILES string of the molecule is O=S(=O)(c1ccc(SCc2ccccc2)cc1)C(F)(F)F. The molecule has 0 atom stereocenters. The van der Waals surface area contributed by atoms with Gasteiger partial charge < -0.3 is 0 Å². The predicted molar refractivity (Wildman–Crippen MR) is 75.7 cm³/mol. The first-order valence-electron chi connectivity index (χ1n) is 5.89. The zero-order valence-corrected chi connectivity index (χ0v) is 12.3. The molecule has 0 unspecified atom stereocenters. The van der Waals surface area contributed by atoms with Crippen molar-refractivity contribution in [2.24, 2.45) is 0 Å². The minimum Gasteiger partial charge on any atom is -0.214 e. The van der Waals surface area contributed by atoms with Crippen molar-refractivity contribution in [3.8, 4) is 0 Å². The highest BCUT2D eigenvalue weighted by Crippen LogP contribution is 2.31. The smallest absolute Gasteiger partial charge is 0.214 e. The summed E-state index contributed by atoms with van der Waals surface area (Å²) in [5.41, 5.74) is -4.19. The zero-order valence-electron chi connectivity index (χ0n) is 10.7. The number of hydrogen-bond acceptors (Lipinski definition) is 3. The molecule has 0 spiro atoms. The number of thioether (sulfide) groups is 1. The zero-order chi connectivity index (χ0) is 15.5. The van der Waals surface area contributed by atoms with Crippen LogP contribution in [0.5, 0.6) is 0 Å². The lowest BCUT2D eigenvalue weighted by Gasteiger charge is -2.08. The van der Waals surface area contributed by atoms with Crippen molar-refractivity contribution in [1.29, 1.82) is 0 Å². The molecule has 112 valence electrons. The van der Waals surface area contributed by atoms with Crippen LogP contribution in [0.25, 0.3) is 0 Å². The molecule has 0 bridgehead atoms. The summed E-state index contributed by atoms with van der Waals surface area (Å²) in [5.74, 6) is 0.659. The van der Waals surface area contributed by atoms with E-state index in [1.54, 1.807) is 0 Å². The van der Waals surface area contributed by atoms with Crippen LogP contribution in [0.15, 0.2) is 64.4 Å². The minimum absolute atomic E-state index is 0.659. The summed E-state index contributed by atoms with van der Waals surface area (Å²) in [7, 11) is -5.27. The van der Waals surface area contributed by atoms with Gasteiger partial charge in [-0.25, -0.2) is 8.42 Å². The Morgan fingerprint density at radius 2 is 1.48 bits per heavy atom. The van der Waals surface area contributed by atoms with E-state index >= 15 is 0 Å². The summed E-state index contributed by atoms with van der Waals surface area (Å²) in [4.78, 5) is -0.0287. The van der Waals surface area contributed by atoms with E-state index in [4.69, 9.17) is 0 Å². The quantitative estimate of drug-likeness (QED) is 0.784. The van der Waals surface area contributed by atoms with E-state index in [1.165, 1.54) is 23.9 Å². The number of halogens is 3. The molecule has 2 aromatic carbocycles. The van der Waals surface area contributed by atoms with Crippen molar-refractivity contribution in [2.75, 3.05) is 0 Å². The fourth-order valence-corrected chi connectivity index (χ4v) is 3.21. The second-order valence-corrected chi connectivity index (χ2v) is 7.18. The van der Waals surface area contributed by atoms with E-state index in [0.29, 0.717) is 10.6 Å². The average molecular weight is 332 g/mol. The molecule has 0 saturated heterocycles. The van der Waals surface area contributed by atoms with Gasteiger partial charge in [0.2, 0.25) is 0 Å². The van der Waals surface area contributed by atoms with Crippen LogP contribution in [-0.2, 0) is 15.6 Å². The summed E-state index contributed by atoms with van der Waals surface area (Å²) in [6, 6.07) is 14.3. The summed E-state index contributed by atoms with van der Waals surface area (Å²) in [5, 5.41) is 0. The topological polar surface area (TPSA) is 34.1 Å². The van der Waals surface area contributed by atoms with Crippen LogP contribution < -0.4 is 0 Å². The number of rotatable bonds is 4. The van der Waals surface area contributed by atoms with Gasteiger partial charge in [-0.2, -0.15) is 13.2 Å². The Morgan fingerprint density at radius 1 is 0.905 bits per heavy atom. The van der Waals surface area contributed by atoms with Crippen LogP contribution >= 0.6 is 11.8 Å². The van der Waals surface area contributed by atoms with Gasteiger partial charge in [0.1, 0.15) is 0 Å². The lowest BCUT2D eigenvalue weighted by Crippen LogP contribution is -2.23. The van der Waals surface area contributed by atoms with Gasteiger partial charge in [-0.3, -0.25) is 0 Å². The lowest BCUT2D eigenvalue weighted by atomic mass is 10.2. The number of benzene rings is 2. The second-order valence-electron chi connectivity index (χ2n) is 4.19. The van der Waals surface area contributed by atoms with Crippen LogP contribution in [0.1, 0.15) is 5.56 Å². The Balaban J connectivity index is 2.10. The average Bonchev–Trinajstić information content (AvgIpc) is 2.45. The van der Waals surface area contributed by atoms with E-state index in [1.807, 2.05) is 30.3 Å². The number of sulfone groups is 1. The Hall–Kier alpha value is -1.47. The van der Waals surface area contributed by atoms with Crippen molar-refractivity contribution < 1.29 is 21.6 Å². The van der Waals surface area contributed by atoms with Gasteiger partial charge in [0, 0.05) is 10.6 Å². The van der Waals surface area contributed by atoms with Gasteiger partial charge in [0.15, 0.2) is 0 Å². The summed E-state index contributed by atoms with van der Waals surface area (Å²) < 4.78 is 59.6. The molecule has 2 rings (SSSR count). The number of hydrogen-bond donors (Lipinski definition) is 0. The molecular formula is C14H11F3O2S2. The maximum Gasteiger partial charge on any atom is 0.501 e. The van der Waals surface area contributed by atoms with E-state index < -0.39 is 20.2 Å². The summed E-state index contributed by atoms with van der Waals surface area (Å²) in [6.45, 7) is 0. The molecule has 0 amide bonds. The predicted octanol–water partition coefficient (Wildman–Crippen LogP) is 4.27. The van der Waals surface area contributed by atoms with Crippen LogP contribution in [0.3, 0.4) is 0 Å². The first-order chi connectivity index (χ1) is 9.80. The normalized spacial score (nSPS) is 12.3. The van der Waals surface area contributed by atoms with Gasteiger partial charge >= 0.3 is 5.51 Å². The molecule has 0 fully saturated rings. The molecule has 0 saturated carbocycles. The molecular weight excluding hydrogens is 321 g/mol. The van der Waals surface area contributed by atoms with Gasteiger partial charge in [-0.15, -0.1) is 11.8 Å². The van der Waals surface area contributed by atoms with Crippen LogP contribution in [0.4, 0.5) is 13.2 Å². The van der Waals surface area contributed by atoms with E-state index in [0.717, 1.165) is 17.7 Å². The molecule has 0 aliphatic heterocycles. The standard InChI is InChI=1S/C14H11F3O2S2/c15-14(16,17)21(18,19)13-8-6-12(7-9-13)20-10-11-4-2-1-3-5-11/h1-9H,10H2. The third kappa shape index (κ3) is 3.79. The highest BCUT2D eigenvalue weighted by molar-refractivity contribution is 7.98. The lowest BCUT2D eigenvalue weighted by molar-refractivity contribution is -0.0436. The van der Waals surface area contributed by atoms with Crippen molar-refractivity contribution in [2.45, 2.75) is 21.1 Å². The maximum absolute atomic E-state index is 12.4. The Kier molecular flexibility index (Phi) is 4.63. The summed E-state index contributed by atoms with van der Waals surface area (Å²) in [6.07, 6.45) is 0. The molecule has 7 heteroatoms. The van der Waals surface area contributed by atoms with E-state index in [2.05, 4.69) is 0 Å². The molecule has 0 heterocycles. The van der Waals surface area contributed by atoms with Crippen LogP contribution in [0, 0.1) is 0 Å². The van der Waals surface area contributed by atoms with E-state index in [9.17, 15) is 21.6 Å². The van der Waals surface area contributed by atoms with Crippen molar-refractivity contribution in [3.63, 3.8) is 0 Å². The Bertz CT molecular complexity index is 693. The molecule has 0 aromatic heterocycles. The minimum atomic E-state index is -5.27. The monoisotopic (exact) mass is 332 g/mol. The van der Waals surface area contributed by atoms with Gasteiger partial charge in [0.05, 0.1) is 4.90 Å². The highest BCUT2D eigenvalue weighted by atomic mass is 32.2. The van der Waals surface area contributed by atoms with Gasteiger partial charge in [-0.05, 0) is 29.8 Å². The van der Waals surface area contributed by atoms with Crippen LogP contribution in [-0.4, -0.2) is 13.9 Å². The van der Waals surface area contributed by atoms with E-state index in [-0.39, 0.29) is 0 Å². The first-order valence-corrected chi connectivity index (χ1v) is 8.36. The molecule has 0 N–H and O–H groups in total. The fourth-order valence-electron chi connectivity index (χ4n) is 1.59. The number of alkyl halides is 3. The second kappa shape index (κ2) is 6.11. The maximum atomic E-state index is 12.4. The fraction of sp³-hybridized carbons (Fsp3) is 0.143. The first kappa shape index (κ1) is 15.9. The van der Waals surface area contributed by atoms with Crippen molar-refractivity contribution >= 4 is 21.6 Å². The largest absolute Gasteiger partial charge is 0.501 e. The third-order valence-electron chi connectivity index (χ3n) is 2.69. The molecule has 0 radical (unpaired) electrons. The van der Waals surface area contributed by atoms with Crippen molar-refractivity contribution in [3.05, 3.63) is 60.2 Å². The molecule has 0 aliphatic carbocycles. The third-order valence-corrected chi connectivity index (χ3v) is 5.27. The van der Waals surface area contributed by atoms with Gasteiger partial charge in [-0.1, -0.05) is 30.3 Å². The summed E-state index contributed by atoms with van der Waals surface area (Å²) >= 11 is 1.42. The molecule has 2 nitrogen and oxygen atoms in total. The van der Waals surface area contributed by atoms with Gasteiger partial charge in [0.25, 0.3) is 9.84 Å². The molecule has 2 aromatic rings. The van der Waals surface area contributed by atoms with Crippen LogP contribution in [0.2, 0.25) is 0 Å². The molecule has 21 heavy (non-hydrogen) atoms. The highest BCUT2D eigenvalue weighted by Gasteiger charge is 2.46. The van der Waals surface area contributed by atoms with Crippen molar-refractivity contribution in [1.82, 2.24) is 0 Å². The molecule has 0 aliphatic rings. The Morgan fingerprint density at radius 3 is 2.00 bits per heavy atom. The Labute approximate surface area is 124 Å².